The predicted molar refractivity (Wildman–Crippen MR) is 72.8 cm³/mol. The molecule has 0 aliphatic carbocycles. The maximum Gasteiger partial charge on any atom is 0.330 e. The first-order chi connectivity index (χ1) is 8.70. The van der Waals surface area contributed by atoms with E-state index in [9.17, 15) is 9.59 Å². The Bertz CT molecular complexity index is 269. The number of aliphatic hydroxyl groups is 1. The summed E-state index contributed by atoms with van der Waals surface area (Å²) in [4.78, 5) is 19.2. The van der Waals surface area contributed by atoms with Crippen molar-refractivity contribution >= 4 is 11.9 Å². The minimum atomic E-state index is -0.935. The van der Waals surface area contributed by atoms with Crippen LogP contribution in [0.4, 0.5) is 0 Å². The van der Waals surface area contributed by atoms with E-state index in [4.69, 9.17) is 20.1 Å². The molecule has 0 aliphatic rings. The third-order valence-corrected chi connectivity index (χ3v) is 1.17. The van der Waals surface area contributed by atoms with E-state index in [1.54, 1.807) is 12.3 Å². The van der Waals surface area contributed by atoms with Crippen molar-refractivity contribution in [1.82, 2.24) is 0 Å². The van der Waals surface area contributed by atoms with E-state index < -0.39 is 11.9 Å². The van der Waals surface area contributed by atoms with Crippen molar-refractivity contribution in [3.8, 4) is 0 Å². The molecule has 0 saturated carbocycles. The predicted octanol–water partition coefficient (Wildman–Crippen LogP) is 1.82. The van der Waals surface area contributed by atoms with Crippen molar-refractivity contribution in [3.05, 3.63) is 36.6 Å². The highest BCUT2D eigenvalue weighted by atomic mass is 16.5. The molecule has 0 aliphatic heterocycles. The SMILES string of the molecule is C=C(C)C(=O)O.C=C(C)C(=O)O.CC=COCCO. The van der Waals surface area contributed by atoms with Crippen LogP contribution < -0.4 is 0 Å². The van der Waals surface area contributed by atoms with E-state index in [1.165, 1.54) is 13.8 Å². The number of carboxylic acid groups (broad SMARTS) is 2. The van der Waals surface area contributed by atoms with Gasteiger partial charge in [0.25, 0.3) is 0 Å². The Morgan fingerprint density at radius 3 is 1.58 bits per heavy atom. The number of ether oxygens (including phenoxy) is 1. The molecule has 6 nitrogen and oxygen atoms in total. The molecule has 19 heavy (non-hydrogen) atoms. The maximum absolute atomic E-state index is 9.60. The number of hydrogen-bond acceptors (Lipinski definition) is 4. The van der Waals surface area contributed by atoms with Gasteiger partial charge in [-0.15, -0.1) is 0 Å². The molecule has 0 aromatic rings. The first-order valence-corrected chi connectivity index (χ1v) is 5.31. The molecule has 0 heterocycles. The molecule has 0 unspecified atom stereocenters. The van der Waals surface area contributed by atoms with Gasteiger partial charge in [0.15, 0.2) is 0 Å². The molecule has 0 aromatic carbocycles. The lowest BCUT2D eigenvalue weighted by Crippen LogP contribution is -1.92. The minimum absolute atomic E-state index is 0.0876. The Balaban J connectivity index is -0.000000203. The number of hydrogen-bond donors (Lipinski definition) is 3. The molecular weight excluding hydrogens is 252 g/mol. The Labute approximate surface area is 113 Å². The Kier molecular flexibility index (Phi) is 18.5. The smallest absolute Gasteiger partial charge is 0.330 e. The quantitative estimate of drug-likeness (QED) is 0.401. The van der Waals surface area contributed by atoms with E-state index in [1.807, 2.05) is 6.92 Å². The maximum atomic E-state index is 9.60. The van der Waals surface area contributed by atoms with Gasteiger partial charge in [-0.2, -0.15) is 0 Å². The van der Waals surface area contributed by atoms with Crippen LogP contribution in [0.15, 0.2) is 36.6 Å². The highest BCUT2D eigenvalue weighted by Gasteiger charge is 1.90. The molecule has 0 amide bonds. The van der Waals surface area contributed by atoms with Crippen molar-refractivity contribution in [1.29, 1.82) is 0 Å². The van der Waals surface area contributed by atoms with Crippen LogP contribution in [-0.2, 0) is 14.3 Å². The van der Waals surface area contributed by atoms with Gasteiger partial charge in [0.05, 0.1) is 12.9 Å². The van der Waals surface area contributed by atoms with Crippen molar-refractivity contribution in [2.75, 3.05) is 13.2 Å². The van der Waals surface area contributed by atoms with Gasteiger partial charge >= 0.3 is 11.9 Å². The van der Waals surface area contributed by atoms with Gasteiger partial charge in [-0.1, -0.05) is 19.2 Å². The number of aliphatic carboxylic acids is 2. The lowest BCUT2D eigenvalue weighted by Gasteiger charge is -1.91. The molecule has 0 atom stereocenters. The van der Waals surface area contributed by atoms with Crippen LogP contribution in [0.3, 0.4) is 0 Å². The highest BCUT2D eigenvalue weighted by molar-refractivity contribution is 5.85. The zero-order chi connectivity index (χ0) is 15.8. The molecule has 6 heteroatoms. The summed E-state index contributed by atoms with van der Waals surface area (Å²) in [6, 6.07) is 0. The van der Waals surface area contributed by atoms with Crippen LogP contribution in [0, 0.1) is 0 Å². The largest absolute Gasteiger partial charge is 0.499 e. The number of rotatable bonds is 5. The van der Waals surface area contributed by atoms with Crippen LogP contribution in [0.1, 0.15) is 20.8 Å². The van der Waals surface area contributed by atoms with Gasteiger partial charge < -0.3 is 20.1 Å². The Morgan fingerprint density at radius 2 is 1.42 bits per heavy atom. The molecule has 0 fully saturated rings. The third-order valence-electron chi connectivity index (χ3n) is 1.17. The lowest BCUT2D eigenvalue weighted by molar-refractivity contribution is -0.133. The van der Waals surface area contributed by atoms with E-state index in [-0.39, 0.29) is 17.8 Å². The fraction of sp³-hybridized carbons (Fsp3) is 0.385. The van der Waals surface area contributed by atoms with E-state index in [2.05, 4.69) is 13.2 Å². The zero-order valence-corrected chi connectivity index (χ0v) is 11.5. The summed E-state index contributed by atoms with van der Waals surface area (Å²) >= 11 is 0. The number of aliphatic hydroxyl groups excluding tert-OH is 1. The first-order valence-electron chi connectivity index (χ1n) is 5.31. The lowest BCUT2D eigenvalue weighted by atomic mass is 10.4. The number of allylic oxidation sites excluding steroid dienone is 1. The minimum Gasteiger partial charge on any atom is -0.499 e. The average molecular weight is 274 g/mol. The average Bonchev–Trinajstić information content (AvgIpc) is 2.31. The standard InChI is InChI=1S/C5H10O2.2C4H6O2/c1-2-4-7-5-3-6;2*1-3(2)4(5)6/h2,4,6H,3,5H2,1H3;2*1H2,2H3,(H,5,6). The summed E-state index contributed by atoms with van der Waals surface area (Å²) < 4.78 is 4.70. The highest BCUT2D eigenvalue weighted by Crippen LogP contribution is 1.81. The van der Waals surface area contributed by atoms with Gasteiger partial charge in [-0.25, -0.2) is 9.59 Å². The van der Waals surface area contributed by atoms with Crippen LogP contribution in [-0.4, -0.2) is 40.5 Å². The second kappa shape index (κ2) is 15.9. The molecule has 0 saturated heterocycles. The molecule has 0 aromatic heterocycles. The molecule has 0 rings (SSSR count). The van der Waals surface area contributed by atoms with Crippen molar-refractivity contribution in [3.63, 3.8) is 0 Å². The monoisotopic (exact) mass is 274 g/mol. The summed E-state index contributed by atoms with van der Waals surface area (Å²) in [5.74, 6) is -1.87. The van der Waals surface area contributed by atoms with Gasteiger partial charge in [-0.05, 0) is 20.8 Å². The molecule has 110 valence electrons. The molecule has 3 N–H and O–H groups in total. The van der Waals surface area contributed by atoms with Gasteiger partial charge in [-0.3, -0.25) is 0 Å². The topological polar surface area (TPSA) is 104 Å². The van der Waals surface area contributed by atoms with E-state index >= 15 is 0 Å². The number of carboxylic acids is 2. The van der Waals surface area contributed by atoms with Crippen molar-refractivity contribution < 1.29 is 29.6 Å². The van der Waals surface area contributed by atoms with Crippen molar-refractivity contribution in [2.45, 2.75) is 20.8 Å². The zero-order valence-electron chi connectivity index (χ0n) is 11.5. The Morgan fingerprint density at radius 1 is 1.11 bits per heavy atom. The summed E-state index contributed by atoms with van der Waals surface area (Å²) in [6.45, 7) is 11.5. The normalized spacial score (nSPS) is 8.42. The fourth-order valence-electron chi connectivity index (χ4n) is 0.217. The van der Waals surface area contributed by atoms with Crippen LogP contribution in [0.25, 0.3) is 0 Å². The number of carbonyl (C=O) groups is 2. The second-order valence-corrected chi connectivity index (χ2v) is 3.23. The van der Waals surface area contributed by atoms with E-state index in [0.29, 0.717) is 6.61 Å². The van der Waals surface area contributed by atoms with Gasteiger partial charge in [0.2, 0.25) is 0 Å². The molecule has 0 radical (unpaired) electrons. The fourth-order valence-corrected chi connectivity index (χ4v) is 0.217. The van der Waals surface area contributed by atoms with Crippen molar-refractivity contribution in [2.24, 2.45) is 0 Å². The third kappa shape index (κ3) is 31.3. The van der Waals surface area contributed by atoms with Crippen LogP contribution in [0.5, 0.6) is 0 Å². The van der Waals surface area contributed by atoms with Gasteiger partial charge in [0.1, 0.15) is 6.61 Å². The summed E-state index contributed by atoms with van der Waals surface area (Å²) in [5, 5.41) is 23.9. The van der Waals surface area contributed by atoms with Crippen LogP contribution in [0.2, 0.25) is 0 Å². The molecular formula is C13H22O6. The van der Waals surface area contributed by atoms with E-state index in [0.717, 1.165) is 0 Å². The summed E-state index contributed by atoms with van der Waals surface area (Å²) in [6.07, 6.45) is 3.33. The summed E-state index contributed by atoms with van der Waals surface area (Å²) in [5.41, 5.74) is 0.352. The van der Waals surface area contributed by atoms with Gasteiger partial charge in [0, 0.05) is 11.1 Å². The first kappa shape index (κ1) is 22.1. The molecule has 0 spiro atoms. The molecule has 0 bridgehead atoms. The summed E-state index contributed by atoms with van der Waals surface area (Å²) in [7, 11) is 0. The Hall–Kier alpha value is -2.08. The second-order valence-electron chi connectivity index (χ2n) is 3.23. The van der Waals surface area contributed by atoms with Crippen LogP contribution >= 0.6 is 0 Å².